The normalized spacial score (nSPS) is 18.0. The van der Waals surface area contributed by atoms with Crippen LogP contribution in [-0.4, -0.2) is 52.6 Å². The molecule has 1 aliphatic heterocycles. The van der Waals surface area contributed by atoms with Crippen LogP contribution in [0, 0.1) is 17.2 Å². The summed E-state index contributed by atoms with van der Waals surface area (Å²) in [5.74, 6) is -0.123. The molecule has 126 valence electrons. The largest absolute Gasteiger partial charge is 0.243 e. The van der Waals surface area contributed by atoms with Crippen LogP contribution in [0.4, 0.5) is 0 Å². The summed E-state index contributed by atoms with van der Waals surface area (Å²) >= 11 is 0. The predicted octanol–water partition coefficient (Wildman–Crippen LogP) is 0.861. The van der Waals surface area contributed by atoms with Crippen LogP contribution in [0.15, 0.2) is 34.1 Å². The van der Waals surface area contributed by atoms with Gasteiger partial charge in [-0.1, -0.05) is 6.07 Å². The van der Waals surface area contributed by atoms with Gasteiger partial charge in [0, 0.05) is 33.1 Å². The number of sulfonamides is 2. The highest BCUT2D eigenvalue weighted by Crippen LogP contribution is 2.25. The Morgan fingerprint density at radius 1 is 1.13 bits per heavy atom. The van der Waals surface area contributed by atoms with E-state index in [0.717, 1.165) is 4.31 Å². The Balaban J connectivity index is 2.34. The summed E-state index contributed by atoms with van der Waals surface area (Å²) in [5, 5.41) is 8.89. The Morgan fingerprint density at radius 2 is 1.70 bits per heavy atom. The molecule has 7 nitrogen and oxygen atoms in total. The van der Waals surface area contributed by atoms with Gasteiger partial charge in [-0.3, -0.25) is 0 Å². The van der Waals surface area contributed by atoms with Crippen molar-refractivity contribution in [2.24, 2.45) is 5.92 Å². The standard InChI is InChI=1S/C14H19N3O4S2/c1-16(2)22(18,19)13-4-3-5-14(10-13)23(20,21)17-8-6-12(11-15)7-9-17/h3-5,10,12H,6-9H2,1-2H3. The van der Waals surface area contributed by atoms with Crippen LogP contribution in [0.3, 0.4) is 0 Å². The molecule has 1 saturated heterocycles. The van der Waals surface area contributed by atoms with Crippen molar-refractivity contribution in [1.29, 1.82) is 5.26 Å². The van der Waals surface area contributed by atoms with E-state index < -0.39 is 20.0 Å². The SMILES string of the molecule is CN(C)S(=O)(=O)c1cccc(S(=O)(=O)N2CCC(C#N)CC2)c1. The average Bonchev–Trinajstić information content (AvgIpc) is 2.54. The van der Waals surface area contributed by atoms with Gasteiger partial charge >= 0.3 is 0 Å². The topological polar surface area (TPSA) is 98.6 Å². The molecule has 0 aliphatic carbocycles. The first-order valence-electron chi connectivity index (χ1n) is 7.12. The molecule has 0 spiro atoms. The third-order valence-electron chi connectivity index (χ3n) is 3.86. The van der Waals surface area contributed by atoms with Crippen molar-refractivity contribution in [3.8, 4) is 6.07 Å². The lowest BCUT2D eigenvalue weighted by molar-refractivity contribution is 0.310. The van der Waals surface area contributed by atoms with Crippen molar-refractivity contribution in [2.75, 3.05) is 27.2 Å². The molecule has 23 heavy (non-hydrogen) atoms. The number of nitriles is 1. The molecular formula is C14H19N3O4S2. The van der Waals surface area contributed by atoms with E-state index in [1.807, 2.05) is 0 Å². The van der Waals surface area contributed by atoms with Gasteiger partial charge in [-0.15, -0.1) is 0 Å². The van der Waals surface area contributed by atoms with Gasteiger partial charge in [0.2, 0.25) is 20.0 Å². The predicted molar refractivity (Wildman–Crippen MR) is 84.4 cm³/mol. The zero-order valence-corrected chi connectivity index (χ0v) is 14.6. The van der Waals surface area contributed by atoms with Gasteiger partial charge in [-0.25, -0.2) is 21.1 Å². The van der Waals surface area contributed by atoms with Crippen molar-refractivity contribution >= 4 is 20.0 Å². The lowest BCUT2D eigenvalue weighted by Gasteiger charge is -2.28. The summed E-state index contributed by atoms with van der Waals surface area (Å²) < 4.78 is 52.0. The van der Waals surface area contributed by atoms with E-state index in [2.05, 4.69) is 6.07 Å². The Bertz CT molecular complexity index is 818. The van der Waals surface area contributed by atoms with Gasteiger partial charge in [-0.2, -0.15) is 9.57 Å². The maximum atomic E-state index is 12.7. The molecule has 0 N–H and O–H groups in total. The number of nitrogens with zero attached hydrogens (tertiary/aromatic N) is 3. The van der Waals surface area contributed by atoms with Crippen LogP contribution in [0.1, 0.15) is 12.8 Å². The maximum Gasteiger partial charge on any atom is 0.243 e. The second-order valence-electron chi connectivity index (χ2n) is 5.57. The maximum absolute atomic E-state index is 12.7. The highest BCUT2D eigenvalue weighted by Gasteiger charge is 2.30. The molecule has 1 heterocycles. The number of benzene rings is 1. The van der Waals surface area contributed by atoms with Crippen molar-refractivity contribution < 1.29 is 16.8 Å². The van der Waals surface area contributed by atoms with E-state index in [4.69, 9.17) is 5.26 Å². The van der Waals surface area contributed by atoms with Crippen molar-refractivity contribution in [2.45, 2.75) is 22.6 Å². The summed E-state index contributed by atoms with van der Waals surface area (Å²) in [4.78, 5) is -0.105. The third kappa shape index (κ3) is 3.55. The molecule has 1 fully saturated rings. The average molecular weight is 357 g/mol. The fourth-order valence-electron chi connectivity index (χ4n) is 2.38. The minimum Gasteiger partial charge on any atom is -0.207 e. The highest BCUT2D eigenvalue weighted by molar-refractivity contribution is 7.90. The summed E-state index contributed by atoms with van der Waals surface area (Å²) in [5.41, 5.74) is 0. The summed E-state index contributed by atoms with van der Waals surface area (Å²) in [6.07, 6.45) is 0.983. The van der Waals surface area contributed by atoms with Crippen molar-refractivity contribution in [3.63, 3.8) is 0 Å². The van der Waals surface area contributed by atoms with Crippen LogP contribution < -0.4 is 0 Å². The molecule has 2 rings (SSSR count). The smallest absolute Gasteiger partial charge is 0.207 e. The molecule has 0 radical (unpaired) electrons. The van der Waals surface area contributed by atoms with Gasteiger partial charge in [0.15, 0.2) is 0 Å². The Labute approximate surface area is 137 Å². The molecule has 1 aliphatic rings. The van der Waals surface area contributed by atoms with Crippen molar-refractivity contribution in [3.05, 3.63) is 24.3 Å². The molecule has 0 unspecified atom stereocenters. The molecule has 1 aromatic rings. The zero-order valence-electron chi connectivity index (χ0n) is 13.0. The lowest BCUT2D eigenvalue weighted by atomic mass is 10.0. The van der Waals surface area contributed by atoms with E-state index >= 15 is 0 Å². The Kier molecular flexibility index (Phi) is 5.10. The molecule has 0 aromatic heterocycles. The van der Waals surface area contributed by atoms with E-state index in [1.54, 1.807) is 0 Å². The summed E-state index contributed by atoms with van der Waals surface area (Å²) in [6.45, 7) is 0.538. The van der Waals surface area contributed by atoms with E-state index in [1.165, 1.54) is 42.7 Å². The van der Waals surface area contributed by atoms with Gasteiger partial charge in [0.25, 0.3) is 0 Å². The quantitative estimate of drug-likeness (QED) is 0.796. The number of piperidine rings is 1. The van der Waals surface area contributed by atoms with Crippen LogP contribution in [0.25, 0.3) is 0 Å². The number of hydrogen-bond donors (Lipinski definition) is 0. The van der Waals surface area contributed by atoms with E-state index in [0.29, 0.717) is 12.8 Å². The highest BCUT2D eigenvalue weighted by atomic mass is 32.2. The molecule has 0 saturated carbocycles. The second-order valence-corrected chi connectivity index (χ2v) is 9.66. The van der Waals surface area contributed by atoms with Crippen LogP contribution >= 0.6 is 0 Å². The van der Waals surface area contributed by atoms with Gasteiger partial charge in [0.05, 0.1) is 15.9 Å². The first-order valence-corrected chi connectivity index (χ1v) is 10.00. The summed E-state index contributed by atoms with van der Waals surface area (Å²) in [6, 6.07) is 7.51. The van der Waals surface area contributed by atoms with Gasteiger partial charge < -0.3 is 0 Å². The van der Waals surface area contributed by atoms with Crippen LogP contribution in [0.2, 0.25) is 0 Å². The fourth-order valence-corrected chi connectivity index (χ4v) is 4.92. The van der Waals surface area contributed by atoms with E-state index in [-0.39, 0.29) is 28.8 Å². The monoisotopic (exact) mass is 357 g/mol. The Morgan fingerprint density at radius 3 is 2.22 bits per heavy atom. The van der Waals surface area contributed by atoms with Gasteiger partial charge in [-0.05, 0) is 31.0 Å². The molecule has 0 bridgehead atoms. The molecule has 0 atom stereocenters. The molecular weight excluding hydrogens is 338 g/mol. The van der Waals surface area contributed by atoms with Crippen LogP contribution in [-0.2, 0) is 20.0 Å². The summed E-state index contributed by atoms with van der Waals surface area (Å²) in [7, 11) is -4.67. The minimum atomic E-state index is -3.76. The molecule has 1 aromatic carbocycles. The lowest BCUT2D eigenvalue weighted by Crippen LogP contribution is -2.38. The van der Waals surface area contributed by atoms with E-state index in [9.17, 15) is 16.8 Å². The zero-order chi connectivity index (χ0) is 17.3. The number of hydrogen-bond acceptors (Lipinski definition) is 5. The van der Waals surface area contributed by atoms with Gasteiger partial charge in [0.1, 0.15) is 0 Å². The first-order chi connectivity index (χ1) is 10.7. The number of rotatable bonds is 4. The first kappa shape index (κ1) is 17.9. The molecule has 9 heteroatoms. The van der Waals surface area contributed by atoms with Crippen molar-refractivity contribution in [1.82, 2.24) is 8.61 Å². The Hall–Kier alpha value is -1.47. The molecule has 0 amide bonds. The fraction of sp³-hybridized carbons (Fsp3) is 0.500. The second kappa shape index (κ2) is 6.57. The van der Waals surface area contributed by atoms with Crippen LogP contribution in [0.5, 0.6) is 0 Å². The minimum absolute atomic E-state index is 0.0455. The third-order valence-corrected chi connectivity index (χ3v) is 7.56.